The van der Waals surface area contributed by atoms with Gasteiger partial charge in [-0.2, -0.15) is 18.4 Å². The molecule has 2 aliphatic rings. The Morgan fingerprint density at radius 1 is 1.18 bits per heavy atom. The molecule has 2 aromatic carbocycles. The zero-order valence-electron chi connectivity index (χ0n) is 14.4. The molecule has 0 bridgehead atoms. The highest BCUT2D eigenvalue weighted by Gasteiger charge is 2.66. The molecule has 0 aromatic heterocycles. The topological polar surface area (TPSA) is 65.4 Å². The molecular formula is C19H12F3N3O2S. The van der Waals surface area contributed by atoms with Gasteiger partial charge in [-0.25, -0.2) is 0 Å². The van der Waals surface area contributed by atoms with Crippen LogP contribution in [0, 0.1) is 11.3 Å². The summed E-state index contributed by atoms with van der Waals surface area (Å²) in [6.45, 7) is 0. The number of halogens is 3. The molecule has 0 unspecified atom stereocenters. The number of alkyl halides is 3. The van der Waals surface area contributed by atoms with Crippen LogP contribution in [0.3, 0.4) is 0 Å². The Bertz CT molecular complexity index is 1040. The number of ether oxygens (including phenoxy) is 1. The molecule has 0 aliphatic carbocycles. The third-order valence-electron chi connectivity index (χ3n) is 4.62. The van der Waals surface area contributed by atoms with Gasteiger partial charge in [-0.05, 0) is 24.3 Å². The van der Waals surface area contributed by atoms with E-state index in [1.807, 2.05) is 0 Å². The van der Waals surface area contributed by atoms with E-state index in [9.17, 15) is 23.2 Å². The molecule has 0 radical (unpaired) electrons. The van der Waals surface area contributed by atoms with Gasteiger partial charge in [-0.3, -0.25) is 9.69 Å². The number of nitriles is 1. The third kappa shape index (κ3) is 2.38. The molecule has 1 amide bonds. The number of amides is 1. The second-order valence-electron chi connectivity index (χ2n) is 6.09. The quantitative estimate of drug-likeness (QED) is 0.824. The number of methoxy groups -OCH3 is 1. The SMILES string of the molecule is COc1ccc([C@]2(C(F)(F)F)NC(=O)C(C#N)=C3Sc4ccccc4N32)cc1. The van der Waals surface area contributed by atoms with E-state index in [1.54, 1.807) is 24.3 Å². The molecule has 2 aromatic rings. The number of fused-ring (bicyclic) bond motifs is 3. The number of hydrogen-bond donors (Lipinski definition) is 1. The largest absolute Gasteiger partial charge is 0.497 e. The predicted octanol–water partition coefficient (Wildman–Crippen LogP) is 3.89. The van der Waals surface area contributed by atoms with Gasteiger partial charge >= 0.3 is 6.18 Å². The van der Waals surface area contributed by atoms with E-state index < -0.39 is 17.7 Å². The van der Waals surface area contributed by atoms with Gasteiger partial charge in [0, 0.05) is 10.5 Å². The van der Waals surface area contributed by atoms with Crippen LogP contribution in [0.5, 0.6) is 5.75 Å². The molecule has 0 saturated heterocycles. The summed E-state index contributed by atoms with van der Waals surface area (Å²) in [5.41, 5.74) is -3.13. The molecule has 0 fully saturated rings. The van der Waals surface area contributed by atoms with E-state index in [1.165, 1.54) is 37.4 Å². The highest BCUT2D eigenvalue weighted by Crippen LogP contribution is 2.57. The summed E-state index contributed by atoms with van der Waals surface area (Å²) in [5, 5.41) is 11.4. The molecule has 0 spiro atoms. The Labute approximate surface area is 162 Å². The Hall–Kier alpha value is -3.12. The van der Waals surface area contributed by atoms with Gasteiger partial charge in [0.15, 0.2) is 0 Å². The molecule has 4 rings (SSSR count). The number of thioether (sulfide) groups is 1. The van der Waals surface area contributed by atoms with E-state index in [4.69, 9.17) is 4.74 Å². The Morgan fingerprint density at radius 3 is 2.46 bits per heavy atom. The average molecular weight is 403 g/mol. The van der Waals surface area contributed by atoms with Gasteiger partial charge in [0.1, 0.15) is 22.4 Å². The van der Waals surface area contributed by atoms with Crippen LogP contribution in [0.1, 0.15) is 5.56 Å². The normalized spacial score (nSPS) is 21.0. The van der Waals surface area contributed by atoms with Crippen molar-refractivity contribution in [1.82, 2.24) is 5.32 Å². The number of anilines is 1. The van der Waals surface area contributed by atoms with Crippen LogP contribution in [0.2, 0.25) is 0 Å². The fourth-order valence-electron chi connectivity index (χ4n) is 3.36. The van der Waals surface area contributed by atoms with Crippen molar-refractivity contribution in [3.63, 3.8) is 0 Å². The lowest BCUT2D eigenvalue weighted by Crippen LogP contribution is -2.68. The van der Waals surface area contributed by atoms with Crippen LogP contribution < -0.4 is 15.0 Å². The number of carbonyl (C=O) groups is 1. The second kappa shape index (κ2) is 6.21. The molecule has 2 heterocycles. The molecule has 142 valence electrons. The number of nitrogens with one attached hydrogen (secondary N) is 1. The number of hydrogen-bond acceptors (Lipinski definition) is 5. The lowest BCUT2D eigenvalue weighted by atomic mass is 9.92. The summed E-state index contributed by atoms with van der Waals surface area (Å²) in [7, 11) is 1.41. The van der Waals surface area contributed by atoms with Gasteiger partial charge in [0.05, 0.1) is 12.8 Å². The molecule has 2 aliphatic heterocycles. The Balaban J connectivity index is 2.05. The Morgan fingerprint density at radius 2 is 1.86 bits per heavy atom. The van der Waals surface area contributed by atoms with E-state index >= 15 is 0 Å². The van der Waals surface area contributed by atoms with E-state index in [0.717, 1.165) is 16.7 Å². The van der Waals surface area contributed by atoms with Crippen molar-refractivity contribution in [1.29, 1.82) is 5.26 Å². The van der Waals surface area contributed by atoms with Crippen molar-refractivity contribution in [2.45, 2.75) is 16.7 Å². The minimum absolute atomic E-state index is 0.0411. The smallest absolute Gasteiger partial charge is 0.435 e. The van der Waals surface area contributed by atoms with Gasteiger partial charge in [0.25, 0.3) is 5.91 Å². The van der Waals surface area contributed by atoms with Crippen LogP contribution >= 0.6 is 11.8 Å². The van der Waals surface area contributed by atoms with Gasteiger partial charge in [-0.1, -0.05) is 36.0 Å². The zero-order valence-corrected chi connectivity index (χ0v) is 15.2. The van der Waals surface area contributed by atoms with E-state index in [0.29, 0.717) is 10.6 Å². The Kier molecular flexibility index (Phi) is 4.05. The summed E-state index contributed by atoms with van der Waals surface area (Å²) in [5.74, 6) is -0.685. The highest BCUT2D eigenvalue weighted by molar-refractivity contribution is 8.03. The monoisotopic (exact) mass is 403 g/mol. The minimum Gasteiger partial charge on any atom is -0.497 e. The lowest BCUT2D eigenvalue weighted by Gasteiger charge is -2.47. The maximum atomic E-state index is 14.6. The molecular weight excluding hydrogens is 391 g/mol. The van der Waals surface area contributed by atoms with Crippen molar-refractivity contribution in [2.75, 3.05) is 12.0 Å². The van der Waals surface area contributed by atoms with Crippen LogP contribution in [0.25, 0.3) is 0 Å². The molecule has 0 saturated carbocycles. The molecule has 1 N–H and O–H groups in total. The van der Waals surface area contributed by atoms with Crippen molar-refractivity contribution in [3.8, 4) is 11.8 Å². The summed E-state index contributed by atoms with van der Waals surface area (Å²) < 4.78 is 48.8. The maximum absolute atomic E-state index is 14.6. The molecule has 28 heavy (non-hydrogen) atoms. The fraction of sp³-hybridized carbons (Fsp3) is 0.158. The van der Waals surface area contributed by atoms with Gasteiger partial charge in [0.2, 0.25) is 5.66 Å². The van der Waals surface area contributed by atoms with Crippen molar-refractivity contribution < 1.29 is 22.7 Å². The van der Waals surface area contributed by atoms with Crippen LogP contribution in [-0.2, 0) is 10.5 Å². The molecule has 1 atom stereocenters. The maximum Gasteiger partial charge on any atom is 0.435 e. The summed E-state index contributed by atoms with van der Waals surface area (Å²) in [4.78, 5) is 14.0. The average Bonchev–Trinajstić information content (AvgIpc) is 3.06. The van der Waals surface area contributed by atoms with Crippen molar-refractivity contribution in [2.24, 2.45) is 0 Å². The van der Waals surface area contributed by atoms with Crippen molar-refractivity contribution >= 4 is 23.4 Å². The number of benzene rings is 2. The minimum atomic E-state index is -4.89. The second-order valence-corrected chi connectivity index (χ2v) is 7.12. The first-order chi connectivity index (χ1) is 13.3. The summed E-state index contributed by atoms with van der Waals surface area (Å²) >= 11 is 0.975. The first kappa shape index (κ1) is 18.3. The van der Waals surface area contributed by atoms with Gasteiger partial charge in [-0.15, -0.1) is 0 Å². The highest BCUT2D eigenvalue weighted by atomic mass is 32.2. The third-order valence-corrected chi connectivity index (χ3v) is 5.76. The molecule has 5 nitrogen and oxygen atoms in total. The lowest BCUT2D eigenvalue weighted by molar-refractivity contribution is -0.201. The molecule has 9 heteroatoms. The summed E-state index contributed by atoms with van der Waals surface area (Å²) in [6, 6.07) is 13.5. The number of para-hydroxylation sites is 1. The summed E-state index contributed by atoms with van der Waals surface area (Å²) in [6.07, 6.45) is -4.89. The first-order valence-corrected chi connectivity index (χ1v) is 8.90. The number of rotatable bonds is 2. The van der Waals surface area contributed by atoms with E-state index in [2.05, 4.69) is 5.32 Å². The fourth-order valence-corrected chi connectivity index (χ4v) is 4.54. The zero-order chi connectivity index (χ0) is 20.1. The van der Waals surface area contributed by atoms with Crippen molar-refractivity contribution in [3.05, 3.63) is 64.7 Å². The number of nitrogens with zero attached hydrogens (tertiary/aromatic N) is 2. The standard InChI is InChI=1S/C19H12F3N3O2S/c1-27-12-8-6-11(7-9-12)18(19(20,21)22)24-16(26)13(10-23)17-25(18)14-4-2-3-5-15(14)28-17/h2-9H,1H3,(H,24,26)/t18-/m0/s1. The number of carbonyl (C=O) groups excluding carboxylic acids is 1. The van der Waals surface area contributed by atoms with Crippen LogP contribution in [0.15, 0.2) is 64.0 Å². The van der Waals surface area contributed by atoms with Crippen LogP contribution in [-0.4, -0.2) is 19.2 Å². The van der Waals surface area contributed by atoms with Gasteiger partial charge < -0.3 is 10.1 Å². The van der Waals surface area contributed by atoms with Crippen LogP contribution in [0.4, 0.5) is 18.9 Å². The first-order valence-electron chi connectivity index (χ1n) is 8.08. The predicted molar refractivity (Wildman–Crippen MR) is 96.3 cm³/mol. The van der Waals surface area contributed by atoms with E-state index in [-0.39, 0.29) is 21.9 Å².